The number of halogens is 1. The van der Waals surface area contributed by atoms with E-state index in [2.05, 4.69) is 21.2 Å². The van der Waals surface area contributed by atoms with Crippen molar-refractivity contribution in [2.75, 3.05) is 18.2 Å². The van der Waals surface area contributed by atoms with Gasteiger partial charge in [0.15, 0.2) is 11.5 Å². The Bertz CT molecular complexity index is 702. The number of anilines is 2. The van der Waals surface area contributed by atoms with Crippen LogP contribution in [0, 0.1) is 6.92 Å². The summed E-state index contributed by atoms with van der Waals surface area (Å²) in [7, 11) is 1.45. The molecule has 0 bridgehead atoms. The molecule has 21 heavy (non-hydrogen) atoms. The first-order valence-electron chi connectivity index (χ1n) is 6.16. The third-order valence-electron chi connectivity index (χ3n) is 3.04. The van der Waals surface area contributed by atoms with Crippen molar-refractivity contribution in [3.05, 3.63) is 45.9 Å². The summed E-state index contributed by atoms with van der Waals surface area (Å²) >= 11 is 3.38. The number of aromatic hydroxyl groups is 1. The number of aryl methyl sites for hydroxylation is 1. The van der Waals surface area contributed by atoms with E-state index in [1.807, 2.05) is 13.0 Å². The van der Waals surface area contributed by atoms with Crippen LogP contribution in [0.2, 0.25) is 0 Å². The van der Waals surface area contributed by atoms with Gasteiger partial charge in [0.05, 0.1) is 12.8 Å². The summed E-state index contributed by atoms with van der Waals surface area (Å²) in [6, 6.07) is 7.96. The number of rotatable bonds is 3. The average molecular weight is 351 g/mol. The largest absolute Gasteiger partial charge is 0.504 e. The summed E-state index contributed by atoms with van der Waals surface area (Å²) in [5.41, 5.74) is 8.23. The number of phenols is 1. The van der Waals surface area contributed by atoms with Gasteiger partial charge in [0.1, 0.15) is 0 Å². The highest BCUT2D eigenvalue weighted by Gasteiger charge is 2.12. The maximum atomic E-state index is 12.2. The van der Waals surface area contributed by atoms with Gasteiger partial charge in [0, 0.05) is 15.7 Å². The van der Waals surface area contributed by atoms with E-state index >= 15 is 0 Å². The van der Waals surface area contributed by atoms with Crippen LogP contribution in [0.3, 0.4) is 0 Å². The van der Waals surface area contributed by atoms with Crippen LogP contribution in [0.5, 0.6) is 11.5 Å². The second-order valence-electron chi connectivity index (χ2n) is 4.53. The maximum absolute atomic E-state index is 12.2. The third-order valence-corrected chi connectivity index (χ3v) is 3.70. The average Bonchev–Trinajstić information content (AvgIpc) is 2.44. The lowest BCUT2D eigenvalue weighted by atomic mass is 10.1. The predicted molar refractivity (Wildman–Crippen MR) is 85.9 cm³/mol. The number of phenolic OH excluding ortho intramolecular Hbond substituents is 1. The van der Waals surface area contributed by atoms with Crippen molar-refractivity contribution < 1.29 is 14.6 Å². The molecule has 4 N–H and O–H groups in total. The number of hydrogen-bond acceptors (Lipinski definition) is 4. The number of nitrogens with two attached hydrogens (primary N) is 1. The summed E-state index contributed by atoms with van der Waals surface area (Å²) < 4.78 is 5.68. The van der Waals surface area contributed by atoms with Crippen molar-refractivity contribution in [2.24, 2.45) is 0 Å². The number of methoxy groups -OCH3 is 1. The van der Waals surface area contributed by atoms with Crippen molar-refractivity contribution in [3.63, 3.8) is 0 Å². The van der Waals surface area contributed by atoms with Crippen molar-refractivity contribution in [3.8, 4) is 11.5 Å². The number of amides is 1. The molecule has 0 unspecified atom stereocenters. The van der Waals surface area contributed by atoms with E-state index in [1.165, 1.54) is 19.2 Å². The van der Waals surface area contributed by atoms with Crippen molar-refractivity contribution in [2.45, 2.75) is 6.92 Å². The van der Waals surface area contributed by atoms with E-state index in [0.29, 0.717) is 22.7 Å². The SMILES string of the molecule is COc1ccc(C(=O)Nc2cc(N)c(C)cc2Br)cc1O. The Labute approximate surface area is 130 Å². The Morgan fingerprint density at radius 2 is 2.05 bits per heavy atom. The van der Waals surface area contributed by atoms with Crippen LogP contribution in [-0.2, 0) is 0 Å². The molecule has 0 aliphatic rings. The number of benzene rings is 2. The van der Waals surface area contributed by atoms with Crippen LogP contribution in [0.1, 0.15) is 15.9 Å². The normalized spacial score (nSPS) is 10.2. The Balaban J connectivity index is 2.26. The van der Waals surface area contributed by atoms with Crippen LogP contribution in [-0.4, -0.2) is 18.1 Å². The molecule has 0 radical (unpaired) electrons. The maximum Gasteiger partial charge on any atom is 0.255 e. The molecule has 0 aliphatic heterocycles. The van der Waals surface area contributed by atoms with Crippen molar-refractivity contribution >= 4 is 33.2 Å². The Hall–Kier alpha value is -2.21. The molecule has 0 spiro atoms. The molecule has 0 saturated carbocycles. The van der Waals surface area contributed by atoms with Crippen molar-refractivity contribution in [1.29, 1.82) is 0 Å². The van der Waals surface area contributed by atoms with Crippen LogP contribution < -0.4 is 15.8 Å². The molecule has 2 rings (SSSR count). The molecule has 6 heteroatoms. The topological polar surface area (TPSA) is 84.6 Å². The molecular weight excluding hydrogens is 336 g/mol. The fourth-order valence-corrected chi connectivity index (χ4v) is 2.37. The van der Waals surface area contributed by atoms with Gasteiger partial charge in [-0.25, -0.2) is 0 Å². The summed E-state index contributed by atoms with van der Waals surface area (Å²) in [6.45, 7) is 1.88. The van der Waals surface area contributed by atoms with Crippen LogP contribution in [0.25, 0.3) is 0 Å². The van der Waals surface area contributed by atoms with Gasteiger partial charge in [-0.05, 0) is 58.7 Å². The van der Waals surface area contributed by atoms with Crippen molar-refractivity contribution in [1.82, 2.24) is 0 Å². The highest BCUT2D eigenvalue weighted by molar-refractivity contribution is 9.10. The highest BCUT2D eigenvalue weighted by Crippen LogP contribution is 2.30. The van der Waals surface area contributed by atoms with Gasteiger partial charge in [-0.2, -0.15) is 0 Å². The predicted octanol–water partition coefficient (Wildman–Crippen LogP) is 3.31. The summed E-state index contributed by atoms with van der Waals surface area (Å²) in [5, 5.41) is 12.4. The number of hydrogen-bond donors (Lipinski definition) is 3. The lowest BCUT2D eigenvalue weighted by molar-refractivity contribution is 0.102. The van der Waals surface area contributed by atoms with Gasteiger partial charge >= 0.3 is 0 Å². The molecule has 2 aromatic rings. The first-order valence-corrected chi connectivity index (χ1v) is 6.95. The van der Waals surface area contributed by atoms with E-state index in [1.54, 1.807) is 12.1 Å². The number of nitrogen functional groups attached to an aromatic ring is 1. The standard InChI is InChI=1S/C15H15BrN2O3/c1-8-5-10(16)12(7-11(8)17)18-15(20)9-3-4-14(21-2)13(19)6-9/h3-7,19H,17H2,1-2H3,(H,18,20). The summed E-state index contributed by atoms with van der Waals surface area (Å²) in [6.07, 6.45) is 0. The van der Waals surface area contributed by atoms with E-state index in [9.17, 15) is 9.90 Å². The van der Waals surface area contributed by atoms with Crippen LogP contribution >= 0.6 is 15.9 Å². The molecule has 0 fully saturated rings. The second kappa shape index (κ2) is 6.05. The number of ether oxygens (including phenoxy) is 1. The minimum Gasteiger partial charge on any atom is -0.504 e. The quantitative estimate of drug-likeness (QED) is 0.741. The third kappa shape index (κ3) is 3.28. The van der Waals surface area contributed by atoms with Gasteiger partial charge in [-0.1, -0.05) is 0 Å². The zero-order valence-corrected chi connectivity index (χ0v) is 13.2. The minimum absolute atomic E-state index is 0.0902. The molecule has 0 aromatic heterocycles. The molecule has 110 valence electrons. The van der Waals surface area contributed by atoms with Gasteiger partial charge in [-0.3, -0.25) is 4.79 Å². The summed E-state index contributed by atoms with van der Waals surface area (Å²) in [5.74, 6) is -0.128. The number of nitrogens with one attached hydrogen (secondary N) is 1. The first-order chi connectivity index (χ1) is 9.92. The monoisotopic (exact) mass is 350 g/mol. The first kappa shape index (κ1) is 15.2. The zero-order valence-electron chi connectivity index (χ0n) is 11.6. The lowest BCUT2D eigenvalue weighted by Crippen LogP contribution is -2.12. The zero-order chi connectivity index (χ0) is 15.6. The second-order valence-corrected chi connectivity index (χ2v) is 5.38. The molecule has 0 saturated heterocycles. The summed E-state index contributed by atoms with van der Waals surface area (Å²) in [4.78, 5) is 12.2. The minimum atomic E-state index is -0.350. The Morgan fingerprint density at radius 3 is 2.67 bits per heavy atom. The molecule has 0 atom stereocenters. The number of carbonyl (C=O) groups excluding carboxylic acids is 1. The van der Waals surface area contributed by atoms with E-state index in [4.69, 9.17) is 10.5 Å². The van der Waals surface area contributed by atoms with E-state index in [-0.39, 0.29) is 11.7 Å². The lowest BCUT2D eigenvalue weighted by Gasteiger charge is -2.11. The smallest absolute Gasteiger partial charge is 0.255 e. The van der Waals surface area contributed by atoms with E-state index < -0.39 is 0 Å². The van der Waals surface area contributed by atoms with E-state index in [0.717, 1.165) is 10.0 Å². The van der Waals surface area contributed by atoms with Gasteiger partial charge in [-0.15, -0.1) is 0 Å². The highest BCUT2D eigenvalue weighted by atomic mass is 79.9. The fraction of sp³-hybridized carbons (Fsp3) is 0.133. The van der Waals surface area contributed by atoms with Gasteiger partial charge < -0.3 is 20.9 Å². The van der Waals surface area contributed by atoms with Crippen LogP contribution in [0.15, 0.2) is 34.8 Å². The van der Waals surface area contributed by atoms with Gasteiger partial charge in [0.25, 0.3) is 5.91 Å². The molecule has 0 heterocycles. The van der Waals surface area contributed by atoms with Crippen LogP contribution in [0.4, 0.5) is 11.4 Å². The Morgan fingerprint density at radius 1 is 1.33 bits per heavy atom. The molecule has 2 aromatic carbocycles. The molecule has 5 nitrogen and oxygen atoms in total. The molecule has 1 amide bonds. The molecular formula is C15H15BrN2O3. The fourth-order valence-electron chi connectivity index (χ4n) is 1.81. The number of carbonyl (C=O) groups is 1. The Kier molecular flexibility index (Phi) is 4.37. The van der Waals surface area contributed by atoms with Gasteiger partial charge in [0.2, 0.25) is 0 Å². The molecule has 0 aliphatic carbocycles.